The fraction of sp³-hybridized carbons (Fsp3) is 0.417. The molecular formula is C12H15N. The highest BCUT2D eigenvalue weighted by atomic mass is 14.2. The van der Waals surface area contributed by atoms with Crippen LogP contribution in [-0.2, 0) is 12.8 Å². The molecule has 0 radical (unpaired) electrons. The van der Waals surface area contributed by atoms with E-state index in [1.807, 2.05) is 0 Å². The summed E-state index contributed by atoms with van der Waals surface area (Å²) in [4.78, 5) is 0. The maximum Gasteiger partial charge on any atom is 0.0621 e. The summed E-state index contributed by atoms with van der Waals surface area (Å²) in [6, 6.07) is 10.8. The summed E-state index contributed by atoms with van der Waals surface area (Å²) in [5.74, 6) is 0. The minimum atomic E-state index is 0.662. The molecule has 0 aliphatic carbocycles. The van der Waals surface area contributed by atoms with Crippen LogP contribution in [0.25, 0.3) is 0 Å². The molecule has 1 rings (SSSR count). The zero-order chi connectivity index (χ0) is 9.52. The molecule has 13 heavy (non-hydrogen) atoms. The highest BCUT2D eigenvalue weighted by molar-refractivity contribution is 5.22. The SMILES string of the molecule is CCc1ccc(CCCC#N)cc1. The first kappa shape index (κ1) is 9.80. The molecule has 0 bridgehead atoms. The molecule has 0 aliphatic rings. The van der Waals surface area contributed by atoms with Crippen molar-refractivity contribution in [2.24, 2.45) is 0 Å². The van der Waals surface area contributed by atoms with Crippen LogP contribution in [0.1, 0.15) is 30.9 Å². The average molecular weight is 173 g/mol. The summed E-state index contributed by atoms with van der Waals surface area (Å²) < 4.78 is 0. The molecule has 1 nitrogen and oxygen atoms in total. The van der Waals surface area contributed by atoms with Crippen molar-refractivity contribution in [1.29, 1.82) is 5.26 Å². The average Bonchev–Trinajstić information content (AvgIpc) is 2.19. The second-order valence-corrected chi connectivity index (χ2v) is 3.18. The van der Waals surface area contributed by atoms with Gasteiger partial charge in [0.1, 0.15) is 0 Å². The molecule has 0 atom stereocenters. The number of rotatable bonds is 4. The van der Waals surface area contributed by atoms with Crippen LogP contribution in [0.15, 0.2) is 24.3 Å². The number of benzene rings is 1. The summed E-state index contributed by atoms with van der Waals surface area (Å²) >= 11 is 0. The maximum atomic E-state index is 8.38. The highest BCUT2D eigenvalue weighted by Crippen LogP contribution is 2.07. The molecule has 1 heteroatoms. The van der Waals surface area contributed by atoms with Crippen molar-refractivity contribution >= 4 is 0 Å². The minimum absolute atomic E-state index is 0.662. The van der Waals surface area contributed by atoms with E-state index in [4.69, 9.17) is 5.26 Å². The second-order valence-electron chi connectivity index (χ2n) is 3.18. The Morgan fingerprint density at radius 1 is 1.15 bits per heavy atom. The molecule has 0 saturated carbocycles. The Labute approximate surface area is 80.0 Å². The third-order valence-electron chi connectivity index (χ3n) is 2.19. The van der Waals surface area contributed by atoms with Crippen LogP contribution in [0.3, 0.4) is 0 Å². The third kappa shape index (κ3) is 3.29. The molecule has 0 aliphatic heterocycles. The third-order valence-corrected chi connectivity index (χ3v) is 2.19. The first-order valence-electron chi connectivity index (χ1n) is 4.81. The predicted octanol–water partition coefficient (Wildman–Crippen LogP) is 3.10. The van der Waals surface area contributed by atoms with E-state index in [1.54, 1.807) is 0 Å². The van der Waals surface area contributed by atoms with Crippen LogP contribution in [0.5, 0.6) is 0 Å². The van der Waals surface area contributed by atoms with Crippen LogP contribution < -0.4 is 0 Å². The molecule has 0 spiro atoms. The summed E-state index contributed by atoms with van der Waals surface area (Å²) in [6.45, 7) is 2.16. The van der Waals surface area contributed by atoms with E-state index in [2.05, 4.69) is 37.3 Å². The van der Waals surface area contributed by atoms with Gasteiger partial charge < -0.3 is 0 Å². The van der Waals surface area contributed by atoms with Crippen molar-refractivity contribution in [2.45, 2.75) is 32.6 Å². The van der Waals surface area contributed by atoms with Crippen molar-refractivity contribution < 1.29 is 0 Å². The smallest absolute Gasteiger partial charge is 0.0621 e. The quantitative estimate of drug-likeness (QED) is 0.642. The lowest BCUT2D eigenvalue weighted by molar-refractivity contribution is 0.849. The lowest BCUT2D eigenvalue weighted by atomic mass is 10.1. The largest absolute Gasteiger partial charge is 0.198 e. The Hall–Kier alpha value is -1.29. The van der Waals surface area contributed by atoms with Gasteiger partial charge in [0.05, 0.1) is 6.07 Å². The van der Waals surface area contributed by atoms with E-state index in [-0.39, 0.29) is 0 Å². The minimum Gasteiger partial charge on any atom is -0.198 e. The summed E-state index contributed by atoms with van der Waals surface area (Å²) in [5.41, 5.74) is 2.72. The molecule has 1 aromatic carbocycles. The molecule has 0 saturated heterocycles. The van der Waals surface area contributed by atoms with Crippen LogP contribution in [0.2, 0.25) is 0 Å². The molecule has 0 N–H and O–H groups in total. The molecule has 0 aromatic heterocycles. The van der Waals surface area contributed by atoms with Crippen molar-refractivity contribution in [1.82, 2.24) is 0 Å². The van der Waals surface area contributed by atoms with Crippen LogP contribution in [-0.4, -0.2) is 0 Å². The molecule has 0 amide bonds. The van der Waals surface area contributed by atoms with Crippen LogP contribution in [0, 0.1) is 11.3 Å². The lowest BCUT2D eigenvalue weighted by Gasteiger charge is -2.00. The van der Waals surface area contributed by atoms with E-state index in [0.717, 1.165) is 19.3 Å². The van der Waals surface area contributed by atoms with Crippen molar-refractivity contribution in [3.63, 3.8) is 0 Å². The van der Waals surface area contributed by atoms with Crippen LogP contribution in [0.4, 0.5) is 0 Å². The van der Waals surface area contributed by atoms with Gasteiger partial charge in [0.15, 0.2) is 0 Å². The summed E-state index contributed by atoms with van der Waals surface area (Å²) in [5, 5.41) is 8.38. The number of nitriles is 1. The van der Waals surface area contributed by atoms with Gasteiger partial charge in [0.2, 0.25) is 0 Å². The van der Waals surface area contributed by atoms with Gasteiger partial charge in [-0.2, -0.15) is 5.26 Å². The molecule has 0 heterocycles. The first-order valence-corrected chi connectivity index (χ1v) is 4.81. The standard InChI is InChI=1S/C12H15N/c1-2-11-6-8-12(9-7-11)5-3-4-10-13/h6-9H,2-5H2,1H3. The fourth-order valence-corrected chi connectivity index (χ4v) is 1.31. The maximum absolute atomic E-state index is 8.38. The van der Waals surface area contributed by atoms with E-state index < -0.39 is 0 Å². The molecule has 0 fully saturated rings. The van der Waals surface area contributed by atoms with E-state index in [0.29, 0.717) is 6.42 Å². The second kappa shape index (κ2) is 5.37. The number of nitrogens with zero attached hydrogens (tertiary/aromatic N) is 1. The van der Waals surface area contributed by atoms with Gasteiger partial charge in [-0.15, -0.1) is 0 Å². The Bertz CT molecular complexity index is 279. The zero-order valence-corrected chi connectivity index (χ0v) is 8.09. The van der Waals surface area contributed by atoms with Crippen molar-refractivity contribution in [2.75, 3.05) is 0 Å². The van der Waals surface area contributed by atoms with Gasteiger partial charge >= 0.3 is 0 Å². The van der Waals surface area contributed by atoms with E-state index in [9.17, 15) is 0 Å². The predicted molar refractivity (Wildman–Crippen MR) is 54.4 cm³/mol. The first-order chi connectivity index (χ1) is 6.36. The fourth-order valence-electron chi connectivity index (χ4n) is 1.31. The van der Waals surface area contributed by atoms with Crippen molar-refractivity contribution in [3.05, 3.63) is 35.4 Å². The monoisotopic (exact) mass is 173 g/mol. The molecule has 1 aromatic rings. The number of unbranched alkanes of at least 4 members (excludes halogenated alkanes) is 1. The number of aryl methyl sites for hydroxylation is 2. The Morgan fingerprint density at radius 2 is 1.77 bits per heavy atom. The zero-order valence-electron chi connectivity index (χ0n) is 8.09. The van der Waals surface area contributed by atoms with Gasteiger partial charge in [-0.1, -0.05) is 31.2 Å². The molecule has 0 unspecified atom stereocenters. The van der Waals surface area contributed by atoms with Gasteiger partial charge in [-0.3, -0.25) is 0 Å². The van der Waals surface area contributed by atoms with E-state index in [1.165, 1.54) is 11.1 Å². The van der Waals surface area contributed by atoms with Crippen molar-refractivity contribution in [3.8, 4) is 6.07 Å². The number of hydrogen-bond acceptors (Lipinski definition) is 1. The topological polar surface area (TPSA) is 23.8 Å². The van der Waals surface area contributed by atoms with Gasteiger partial charge in [-0.05, 0) is 30.4 Å². The van der Waals surface area contributed by atoms with Gasteiger partial charge in [-0.25, -0.2) is 0 Å². The van der Waals surface area contributed by atoms with Crippen LogP contribution >= 0.6 is 0 Å². The molecular weight excluding hydrogens is 158 g/mol. The van der Waals surface area contributed by atoms with E-state index >= 15 is 0 Å². The Kier molecular flexibility index (Phi) is 4.05. The highest BCUT2D eigenvalue weighted by Gasteiger charge is 1.93. The van der Waals surface area contributed by atoms with Gasteiger partial charge in [0, 0.05) is 6.42 Å². The number of hydrogen-bond donors (Lipinski definition) is 0. The molecule has 68 valence electrons. The lowest BCUT2D eigenvalue weighted by Crippen LogP contribution is -1.86. The summed E-state index contributed by atoms with van der Waals surface area (Å²) in [6.07, 6.45) is 3.76. The normalized spacial score (nSPS) is 9.54. The Morgan fingerprint density at radius 3 is 2.31 bits per heavy atom. The van der Waals surface area contributed by atoms with Gasteiger partial charge in [0.25, 0.3) is 0 Å². The Balaban J connectivity index is 2.45. The summed E-state index contributed by atoms with van der Waals surface area (Å²) in [7, 11) is 0.